The normalized spacial score (nSPS) is 10.6. The zero-order chi connectivity index (χ0) is 15.1. The summed E-state index contributed by atoms with van der Waals surface area (Å²) < 4.78 is 0. The van der Waals surface area contributed by atoms with Crippen molar-refractivity contribution in [3.05, 3.63) is 51.5 Å². The molecule has 0 saturated carbocycles. The van der Waals surface area contributed by atoms with Crippen molar-refractivity contribution >= 4 is 17.2 Å². The molecule has 1 aromatic carbocycles. The molecule has 0 spiro atoms. The topological polar surface area (TPSA) is 42.0 Å². The summed E-state index contributed by atoms with van der Waals surface area (Å²) in [5, 5.41) is 4.00. The maximum absolute atomic E-state index is 12.1. The van der Waals surface area contributed by atoms with E-state index in [1.807, 2.05) is 13.0 Å². The molecule has 0 aliphatic heterocycles. The smallest absolute Gasteiger partial charge is 0.263 e. The summed E-state index contributed by atoms with van der Waals surface area (Å²) in [5.74, 6) is 0.0180. The molecule has 0 aliphatic rings. The Morgan fingerprint density at radius 1 is 1.24 bits per heavy atom. The molecular weight excluding hydrogens is 280 g/mol. The van der Waals surface area contributed by atoms with Gasteiger partial charge in [0.25, 0.3) is 5.91 Å². The summed E-state index contributed by atoms with van der Waals surface area (Å²) in [4.78, 5) is 17.4. The second kappa shape index (κ2) is 7.93. The molecule has 4 heteroatoms. The van der Waals surface area contributed by atoms with E-state index in [9.17, 15) is 4.79 Å². The number of aryl methyl sites for hydroxylation is 3. The van der Waals surface area contributed by atoms with Crippen molar-refractivity contribution in [1.82, 2.24) is 10.3 Å². The van der Waals surface area contributed by atoms with Crippen LogP contribution in [0.5, 0.6) is 0 Å². The second-order valence-corrected chi connectivity index (χ2v) is 6.20. The summed E-state index contributed by atoms with van der Waals surface area (Å²) >= 11 is 1.52. The number of rotatable bonds is 7. The molecule has 0 fully saturated rings. The Hall–Kier alpha value is -1.68. The highest BCUT2D eigenvalue weighted by molar-refractivity contribution is 7.13. The fourth-order valence-corrected chi connectivity index (χ4v) is 3.11. The highest BCUT2D eigenvalue weighted by atomic mass is 32.1. The molecular formula is C17H22N2OS. The zero-order valence-electron chi connectivity index (χ0n) is 12.7. The maximum atomic E-state index is 12.1. The third kappa shape index (κ3) is 4.67. The lowest BCUT2D eigenvalue weighted by Crippen LogP contribution is -2.24. The monoisotopic (exact) mass is 302 g/mol. The standard InChI is InChI=1S/C17H22N2OS/c1-3-4-12-18-17(20)16-13(2)19-15(21-16)11-10-14-8-6-5-7-9-14/h5-9H,3-4,10-12H2,1-2H3,(H,18,20). The molecule has 0 saturated heterocycles. The van der Waals surface area contributed by atoms with E-state index in [-0.39, 0.29) is 5.91 Å². The van der Waals surface area contributed by atoms with Gasteiger partial charge in [0, 0.05) is 13.0 Å². The Kier molecular flexibility index (Phi) is 5.93. The van der Waals surface area contributed by atoms with Crippen LogP contribution in [0.15, 0.2) is 30.3 Å². The number of thiazole rings is 1. The minimum atomic E-state index is 0.0180. The Labute approximate surface area is 130 Å². The first kappa shape index (κ1) is 15.7. The number of hydrogen-bond donors (Lipinski definition) is 1. The first-order valence-electron chi connectivity index (χ1n) is 7.49. The summed E-state index contributed by atoms with van der Waals surface area (Å²) in [5.41, 5.74) is 2.15. The van der Waals surface area contributed by atoms with Crippen LogP contribution in [-0.2, 0) is 12.8 Å². The minimum absolute atomic E-state index is 0.0180. The number of aromatic nitrogens is 1. The lowest BCUT2D eigenvalue weighted by Gasteiger charge is -2.01. The first-order valence-corrected chi connectivity index (χ1v) is 8.30. The van der Waals surface area contributed by atoms with E-state index >= 15 is 0 Å². The van der Waals surface area contributed by atoms with Gasteiger partial charge in [0.15, 0.2) is 0 Å². The average Bonchev–Trinajstić information content (AvgIpc) is 2.87. The molecule has 0 atom stereocenters. The third-order valence-corrected chi connectivity index (χ3v) is 4.55. The highest BCUT2D eigenvalue weighted by Gasteiger charge is 2.14. The van der Waals surface area contributed by atoms with Crippen molar-refractivity contribution in [3.63, 3.8) is 0 Å². The third-order valence-electron chi connectivity index (χ3n) is 3.33. The number of unbranched alkanes of at least 4 members (excludes halogenated alkanes) is 1. The number of hydrogen-bond acceptors (Lipinski definition) is 3. The van der Waals surface area contributed by atoms with E-state index in [0.717, 1.165) is 47.8 Å². The molecule has 2 rings (SSSR count). The van der Waals surface area contributed by atoms with E-state index in [1.165, 1.54) is 16.9 Å². The highest BCUT2D eigenvalue weighted by Crippen LogP contribution is 2.19. The number of benzene rings is 1. The van der Waals surface area contributed by atoms with E-state index in [0.29, 0.717) is 0 Å². The Morgan fingerprint density at radius 3 is 2.71 bits per heavy atom. The van der Waals surface area contributed by atoms with E-state index in [1.54, 1.807) is 0 Å². The van der Waals surface area contributed by atoms with Gasteiger partial charge in [-0.2, -0.15) is 0 Å². The van der Waals surface area contributed by atoms with Crippen molar-refractivity contribution in [2.75, 3.05) is 6.54 Å². The van der Waals surface area contributed by atoms with Gasteiger partial charge in [-0.25, -0.2) is 4.98 Å². The predicted octanol–water partition coefficient (Wildman–Crippen LogP) is 3.77. The lowest BCUT2D eigenvalue weighted by molar-refractivity contribution is 0.0956. The van der Waals surface area contributed by atoms with Crippen LogP contribution in [0.4, 0.5) is 0 Å². The molecule has 2 aromatic rings. The van der Waals surface area contributed by atoms with Crippen molar-refractivity contribution in [3.8, 4) is 0 Å². The lowest BCUT2D eigenvalue weighted by atomic mass is 10.1. The number of carbonyl (C=O) groups excluding carboxylic acids is 1. The van der Waals surface area contributed by atoms with Crippen molar-refractivity contribution < 1.29 is 4.79 Å². The van der Waals surface area contributed by atoms with E-state index in [2.05, 4.69) is 41.5 Å². The summed E-state index contributed by atoms with van der Waals surface area (Å²) in [6.45, 7) is 4.77. The molecule has 1 amide bonds. The predicted molar refractivity (Wildman–Crippen MR) is 87.9 cm³/mol. The fourth-order valence-electron chi connectivity index (χ4n) is 2.12. The van der Waals surface area contributed by atoms with Crippen LogP contribution in [0.1, 0.15) is 45.7 Å². The summed E-state index contributed by atoms with van der Waals surface area (Å²) in [6, 6.07) is 10.4. The number of nitrogens with zero attached hydrogens (tertiary/aromatic N) is 1. The molecule has 1 N–H and O–H groups in total. The zero-order valence-corrected chi connectivity index (χ0v) is 13.5. The fraction of sp³-hybridized carbons (Fsp3) is 0.412. The van der Waals surface area contributed by atoms with Crippen molar-refractivity contribution in [2.24, 2.45) is 0 Å². The number of carbonyl (C=O) groups is 1. The molecule has 1 aromatic heterocycles. The van der Waals surface area contributed by atoms with Crippen LogP contribution in [0, 0.1) is 6.92 Å². The average molecular weight is 302 g/mol. The van der Waals surface area contributed by atoms with Crippen LogP contribution >= 0.6 is 11.3 Å². The van der Waals surface area contributed by atoms with Gasteiger partial charge in [-0.05, 0) is 25.3 Å². The molecule has 0 bridgehead atoms. The molecule has 21 heavy (non-hydrogen) atoms. The largest absolute Gasteiger partial charge is 0.351 e. The summed E-state index contributed by atoms with van der Waals surface area (Å²) in [7, 11) is 0. The molecule has 0 unspecified atom stereocenters. The Bertz CT molecular complexity index is 578. The molecule has 0 radical (unpaired) electrons. The number of amides is 1. The second-order valence-electron chi connectivity index (χ2n) is 5.12. The van der Waals surface area contributed by atoms with Crippen LogP contribution in [0.3, 0.4) is 0 Å². The van der Waals surface area contributed by atoms with Gasteiger partial charge in [0.1, 0.15) is 4.88 Å². The number of nitrogens with one attached hydrogen (secondary N) is 1. The van der Waals surface area contributed by atoms with Crippen molar-refractivity contribution in [1.29, 1.82) is 0 Å². The van der Waals surface area contributed by atoms with Crippen LogP contribution in [0.25, 0.3) is 0 Å². The van der Waals surface area contributed by atoms with Gasteiger partial charge >= 0.3 is 0 Å². The Balaban J connectivity index is 1.94. The van der Waals surface area contributed by atoms with E-state index < -0.39 is 0 Å². The van der Waals surface area contributed by atoms with Gasteiger partial charge in [-0.15, -0.1) is 11.3 Å². The van der Waals surface area contributed by atoms with Crippen molar-refractivity contribution in [2.45, 2.75) is 39.5 Å². The molecule has 112 valence electrons. The maximum Gasteiger partial charge on any atom is 0.263 e. The van der Waals surface area contributed by atoms with Gasteiger partial charge in [-0.3, -0.25) is 4.79 Å². The van der Waals surface area contributed by atoms with Crippen LogP contribution in [-0.4, -0.2) is 17.4 Å². The van der Waals surface area contributed by atoms with Crippen LogP contribution < -0.4 is 5.32 Å². The Morgan fingerprint density at radius 2 is 2.00 bits per heavy atom. The van der Waals surface area contributed by atoms with Crippen LogP contribution in [0.2, 0.25) is 0 Å². The van der Waals surface area contributed by atoms with E-state index in [4.69, 9.17) is 0 Å². The van der Waals surface area contributed by atoms with Gasteiger partial charge in [0.05, 0.1) is 10.7 Å². The quantitative estimate of drug-likeness (QED) is 0.791. The minimum Gasteiger partial charge on any atom is -0.351 e. The molecule has 0 aliphatic carbocycles. The SMILES string of the molecule is CCCCNC(=O)c1sc(CCc2ccccc2)nc1C. The molecule has 1 heterocycles. The van der Waals surface area contributed by atoms with Gasteiger partial charge < -0.3 is 5.32 Å². The molecule has 3 nitrogen and oxygen atoms in total. The first-order chi connectivity index (χ1) is 10.2. The van der Waals surface area contributed by atoms with Gasteiger partial charge in [-0.1, -0.05) is 43.7 Å². The summed E-state index contributed by atoms with van der Waals surface area (Å²) in [6.07, 6.45) is 3.96. The van der Waals surface area contributed by atoms with Gasteiger partial charge in [0.2, 0.25) is 0 Å².